The van der Waals surface area contributed by atoms with Crippen LogP contribution in [0.2, 0.25) is 0 Å². The molecule has 0 bridgehead atoms. The van der Waals surface area contributed by atoms with Crippen LogP contribution in [0.25, 0.3) is 0 Å². The molecule has 7 N–H and O–H groups in total. The normalized spacial score (nSPS) is 24.3. The summed E-state index contributed by atoms with van der Waals surface area (Å²) in [5, 5.41) is 58.1. The number of carbonyl (C=O) groups excluding carboxylic acids is 2. The highest BCUT2D eigenvalue weighted by molar-refractivity contribution is 5.76. The Morgan fingerprint density at radius 3 is 1.86 bits per heavy atom. The number of hydrogen-bond acceptors (Lipinski definition) is 9. The number of ether oxygens (including phenoxy) is 2. The van der Waals surface area contributed by atoms with Crippen LogP contribution in [0.4, 0.5) is 0 Å². The Balaban J connectivity index is 2.71. The van der Waals surface area contributed by atoms with Gasteiger partial charge in [0.2, 0.25) is 11.8 Å². The van der Waals surface area contributed by atoms with Crippen molar-refractivity contribution in [1.29, 1.82) is 0 Å². The van der Waals surface area contributed by atoms with Crippen LogP contribution in [0, 0.1) is 0 Å². The predicted molar refractivity (Wildman–Crippen MR) is 165 cm³/mol. The van der Waals surface area contributed by atoms with E-state index in [-0.39, 0.29) is 31.4 Å². The minimum absolute atomic E-state index is 0.112. The minimum atomic E-state index is -1.60. The molecule has 1 heterocycles. The monoisotopic (exact) mass is 618 g/mol. The van der Waals surface area contributed by atoms with E-state index in [2.05, 4.69) is 24.5 Å². The molecule has 254 valence electrons. The molecule has 6 unspecified atom stereocenters. The van der Waals surface area contributed by atoms with Crippen molar-refractivity contribution in [3.63, 3.8) is 0 Å². The van der Waals surface area contributed by atoms with Crippen molar-refractivity contribution >= 4 is 11.8 Å². The number of hydrogen-bond donors (Lipinski definition) is 7. The van der Waals surface area contributed by atoms with Crippen molar-refractivity contribution in [1.82, 2.24) is 10.6 Å². The molecule has 1 saturated heterocycles. The van der Waals surface area contributed by atoms with Gasteiger partial charge >= 0.3 is 0 Å². The third-order valence-electron chi connectivity index (χ3n) is 8.17. The van der Waals surface area contributed by atoms with Gasteiger partial charge in [-0.1, -0.05) is 104 Å². The van der Waals surface area contributed by atoms with Crippen LogP contribution in [0.3, 0.4) is 0 Å². The summed E-state index contributed by atoms with van der Waals surface area (Å²) in [5.41, 5.74) is 0. The van der Waals surface area contributed by atoms with Crippen molar-refractivity contribution in [2.24, 2.45) is 0 Å². The van der Waals surface area contributed by atoms with Gasteiger partial charge in [0.25, 0.3) is 0 Å². The third kappa shape index (κ3) is 17.1. The number of rotatable bonds is 25. The van der Waals surface area contributed by atoms with E-state index in [0.717, 1.165) is 44.9 Å². The van der Waals surface area contributed by atoms with Gasteiger partial charge in [0.15, 0.2) is 6.29 Å². The highest BCUT2D eigenvalue weighted by atomic mass is 16.7. The third-order valence-corrected chi connectivity index (χ3v) is 8.17. The molecule has 0 aliphatic carbocycles. The van der Waals surface area contributed by atoms with E-state index in [1.807, 2.05) is 0 Å². The van der Waals surface area contributed by atoms with Crippen molar-refractivity contribution in [2.45, 2.75) is 179 Å². The minimum Gasteiger partial charge on any atom is -0.390 e. The van der Waals surface area contributed by atoms with E-state index in [9.17, 15) is 35.1 Å². The van der Waals surface area contributed by atoms with Gasteiger partial charge < -0.3 is 45.6 Å². The van der Waals surface area contributed by atoms with Gasteiger partial charge in [-0.3, -0.25) is 9.59 Å². The molecule has 11 heteroatoms. The van der Waals surface area contributed by atoms with Crippen LogP contribution < -0.4 is 10.6 Å². The number of aliphatic hydroxyl groups excluding tert-OH is 5. The Bertz CT molecular complexity index is 729. The predicted octanol–water partition coefficient (Wildman–Crippen LogP) is 2.82. The number of nitrogens with one attached hydrogen (secondary N) is 2. The second-order valence-corrected chi connectivity index (χ2v) is 12.2. The van der Waals surface area contributed by atoms with Gasteiger partial charge in [-0.15, -0.1) is 0 Å². The van der Waals surface area contributed by atoms with Crippen LogP contribution in [-0.4, -0.2) is 99.5 Å². The molecule has 0 aromatic carbocycles. The summed E-state index contributed by atoms with van der Waals surface area (Å²) in [6, 6.07) is -0.991. The maximum atomic E-state index is 12.8. The highest BCUT2D eigenvalue weighted by Gasteiger charge is 2.44. The first-order valence-electron chi connectivity index (χ1n) is 16.8. The fourth-order valence-corrected chi connectivity index (χ4v) is 5.34. The molecular weight excluding hydrogens is 556 g/mol. The summed E-state index contributed by atoms with van der Waals surface area (Å²) in [7, 11) is 0. The molecule has 1 fully saturated rings. The fraction of sp³-hybridized carbons (Fsp3) is 0.938. The van der Waals surface area contributed by atoms with Crippen LogP contribution in [0.5, 0.6) is 0 Å². The summed E-state index contributed by atoms with van der Waals surface area (Å²) in [4.78, 5) is 24.1. The Morgan fingerprint density at radius 2 is 1.30 bits per heavy atom. The average Bonchev–Trinajstić information content (AvgIpc) is 2.98. The maximum absolute atomic E-state index is 12.8. The molecular formula is C32H62N2O9. The number of carbonyl (C=O) groups is 2. The fourth-order valence-electron chi connectivity index (χ4n) is 5.34. The van der Waals surface area contributed by atoms with Crippen molar-refractivity contribution in [3.8, 4) is 0 Å². The van der Waals surface area contributed by atoms with Gasteiger partial charge in [-0.05, 0) is 12.8 Å². The zero-order valence-electron chi connectivity index (χ0n) is 26.9. The van der Waals surface area contributed by atoms with E-state index in [4.69, 9.17) is 9.47 Å². The number of aliphatic hydroxyl groups is 5. The lowest BCUT2D eigenvalue weighted by Gasteiger charge is -2.41. The molecule has 8 atom stereocenters. The Hall–Kier alpha value is -1.34. The summed E-state index contributed by atoms with van der Waals surface area (Å²) in [6.45, 7) is 5.23. The highest BCUT2D eigenvalue weighted by Crippen LogP contribution is 2.23. The topological polar surface area (TPSA) is 178 Å². The Morgan fingerprint density at radius 1 is 0.767 bits per heavy atom. The van der Waals surface area contributed by atoms with Gasteiger partial charge in [0, 0.05) is 19.9 Å². The average molecular weight is 619 g/mol. The van der Waals surface area contributed by atoms with Crippen LogP contribution in [-0.2, 0) is 19.1 Å². The molecule has 43 heavy (non-hydrogen) atoms. The van der Waals surface area contributed by atoms with Crippen molar-refractivity contribution in [3.05, 3.63) is 0 Å². The van der Waals surface area contributed by atoms with Crippen LogP contribution >= 0.6 is 0 Å². The summed E-state index contributed by atoms with van der Waals surface area (Å²) in [5.74, 6) is -0.628. The molecule has 1 rings (SSSR count). The first kappa shape index (κ1) is 39.7. The Labute approximate surface area is 259 Å². The zero-order chi connectivity index (χ0) is 32.0. The molecule has 2 amide bonds. The largest absolute Gasteiger partial charge is 0.390 e. The lowest BCUT2D eigenvalue weighted by atomic mass is 9.98. The van der Waals surface area contributed by atoms with E-state index >= 15 is 0 Å². The first-order chi connectivity index (χ1) is 20.6. The quantitative estimate of drug-likeness (QED) is 0.0758. The van der Waals surface area contributed by atoms with E-state index in [1.165, 1.54) is 51.9 Å². The number of amides is 2. The molecule has 0 aromatic heterocycles. The molecule has 0 spiro atoms. The second-order valence-electron chi connectivity index (χ2n) is 12.2. The van der Waals surface area contributed by atoms with E-state index in [0.29, 0.717) is 12.8 Å². The van der Waals surface area contributed by atoms with Crippen LogP contribution in [0.1, 0.15) is 130 Å². The molecule has 1 aliphatic rings. The van der Waals surface area contributed by atoms with Crippen molar-refractivity contribution < 1.29 is 44.6 Å². The standard InChI is InChI=1S/C32H62N2O9/c1-4-6-8-10-12-14-16-18-20-27(37)34-24(28(38)25(36)19-17-15-13-11-9-7-5-2)22-42-32-31(41)30(40)29(39)26(43-32)21-33-23(3)35/h24-26,28-32,36,38-41H,4-22H2,1-3H3,(H,33,35)(H,34,37)/t24?,25-,26?,28+,29?,30?,31?,32?/m1/s1. The molecule has 1 aliphatic heterocycles. The molecule has 0 aromatic rings. The zero-order valence-corrected chi connectivity index (χ0v) is 26.9. The molecule has 11 nitrogen and oxygen atoms in total. The smallest absolute Gasteiger partial charge is 0.220 e. The van der Waals surface area contributed by atoms with E-state index in [1.54, 1.807) is 0 Å². The van der Waals surface area contributed by atoms with Crippen molar-refractivity contribution in [2.75, 3.05) is 13.2 Å². The summed E-state index contributed by atoms with van der Waals surface area (Å²) < 4.78 is 11.3. The molecule has 0 saturated carbocycles. The van der Waals surface area contributed by atoms with E-state index < -0.39 is 49.0 Å². The van der Waals surface area contributed by atoms with Gasteiger partial charge in [-0.2, -0.15) is 0 Å². The SMILES string of the molecule is CCCCCCCCCCC(=O)NC(COC1OC(CNC(C)=O)C(O)C(O)C1O)[C@H](O)[C@H](O)CCCCCCCCC. The van der Waals surface area contributed by atoms with Gasteiger partial charge in [-0.25, -0.2) is 0 Å². The first-order valence-corrected chi connectivity index (χ1v) is 16.8. The Kier molecular flexibility index (Phi) is 22.1. The second kappa shape index (κ2) is 24.0. The summed E-state index contributed by atoms with van der Waals surface area (Å²) >= 11 is 0. The maximum Gasteiger partial charge on any atom is 0.220 e. The van der Waals surface area contributed by atoms with Gasteiger partial charge in [0.1, 0.15) is 30.5 Å². The van der Waals surface area contributed by atoms with Crippen LogP contribution in [0.15, 0.2) is 0 Å². The number of unbranched alkanes of at least 4 members (excludes halogenated alkanes) is 13. The summed E-state index contributed by atoms with van der Waals surface area (Å²) in [6.07, 6.45) is 7.35. The lowest BCUT2D eigenvalue weighted by Crippen LogP contribution is -2.61. The lowest BCUT2D eigenvalue weighted by molar-refractivity contribution is -0.297. The van der Waals surface area contributed by atoms with Gasteiger partial charge in [0.05, 0.1) is 18.8 Å². The molecule has 0 radical (unpaired) electrons.